The molecule has 0 heterocycles. The third kappa shape index (κ3) is 10.4. The number of carboxylic acid groups (broad SMARTS) is 4. The van der Waals surface area contributed by atoms with Crippen molar-refractivity contribution in [3.8, 4) is 0 Å². The molecular weight excluding hydrogens is 248 g/mol. The van der Waals surface area contributed by atoms with Crippen molar-refractivity contribution in [1.82, 2.24) is 0 Å². The van der Waals surface area contributed by atoms with Crippen LogP contribution < -0.4 is 0 Å². The predicted molar refractivity (Wildman–Crippen MR) is 58.1 cm³/mol. The Morgan fingerprint density at radius 1 is 0.722 bits per heavy atom. The van der Waals surface area contributed by atoms with Gasteiger partial charge in [0.1, 0.15) is 0 Å². The summed E-state index contributed by atoms with van der Waals surface area (Å²) in [5.41, 5.74) is 0. The zero-order valence-electron chi connectivity index (χ0n) is 9.99. The van der Waals surface area contributed by atoms with Crippen molar-refractivity contribution in [2.45, 2.75) is 26.7 Å². The Labute approximate surface area is 103 Å². The van der Waals surface area contributed by atoms with Crippen LogP contribution in [0.2, 0.25) is 0 Å². The first-order valence-corrected chi connectivity index (χ1v) is 4.98. The molecule has 0 rings (SSSR count). The quantitative estimate of drug-likeness (QED) is 0.537. The SMILES string of the molecule is CC(C(=O)O)C(C)C(=O)O.O=C(O)CCC(=O)O. The van der Waals surface area contributed by atoms with Crippen molar-refractivity contribution in [3.63, 3.8) is 0 Å². The maximum atomic E-state index is 10.2. The highest BCUT2D eigenvalue weighted by atomic mass is 16.4. The van der Waals surface area contributed by atoms with E-state index in [-0.39, 0.29) is 12.8 Å². The molecule has 0 aliphatic rings. The third-order valence-corrected chi connectivity index (χ3v) is 2.08. The summed E-state index contributed by atoms with van der Waals surface area (Å²) >= 11 is 0. The summed E-state index contributed by atoms with van der Waals surface area (Å²) in [6.07, 6.45) is -0.593. The van der Waals surface area contributed by atoms with Gasteiger partial charge in [-0.25, -0.2) is 0 Å². The molecule has 0 aromatic rings. The molecule has 0 saturated carbocycles. The first-order chi connectivity index (χ1) is 8.09. The van der Waals surface area contributed by atoms with E-state index in [4.69, 9.17) is 20.4 Å². The maximum absolute atomic E-state index is 10.2. The average Bonchev–Trinajstić information content (AvgIpc) is 2.24. The van der Waals surface area contributed by atoms with E-state index in [1.165, 1.54) is 13.8 Å². The van der Waals surface area contributed by atoms with Gasteiger partial charge in [0.2, 0.25) is 0 Å². The molecule has 2 atom stereocenters. The summed E-state index contributed by atoms with van der Waals surface area (Å²) in [5, 5.41) is 32.5. The van der Waals surface area contributed by atoms with Crippen LogP contribution in [0.5, 0.6) is 0 Å². The van der Waals surface area contributed by atoms with Crippen LogP contribution in [-0.2, 0) is 19.2 Å². The van der Waals surface area contributed by atoms with E-state index in [1.807, 2.05) is 0 Å². The fraction of sp³-hybridized carbons (Fsp3) is 0.600. The lowest BCUT2D eigenvalue weighted by Crippen LogP contribution is -2.24. The Kier molecular flexibility index (Phi) is 9.09. The second kappa shape index (κ2) is 8.97. The van der Waals surface area contributed by atoms with E-state index >= 15 is 0 Å². The number of carbonyl (C=O) groups is 4. The maximum Gasteiger partial charge on any atom is 0.307 e. The standard InChI is InChI=1S/C6H10O4.C4H6O4/c1-3(5(7)8)4(2)6(9)10;5-3(6)1-2-4(7)8/h3-4H,1-2H3,(H,7,8)(H,9,10);1-2H2,(H,5,6)(H,7,8). The minimum Gasteiger partial charge on any atom is -0.481 e. The molecule has 0 aromatic heterocycles. The summed E-state index contributed by atoms with van der Waals surface area (Å²) in [6.45, 7) is 2.75. The van der Waals surface area contributed by atoms with Gasteiger partial charge in [-0.05, 0) is 0 Å². The fourth-order valence-electron chi connectivity index (χ4n) is 0.642. The molecule has 0 saturated heterocycles. The summed E-state index contributed by atoms with van der Waals surface area (Å²) < 4.78 is 0. The van der Waals surface area contributed by atoms with Gasteiger partial charge in [-0.3, -0.25) is 19.2 Å². The van der Waals surface area contributed by atoms with Gasteiger partial charge in [0.25, 0.3) is 0 Å². The second-order valence-electron chi connectivity index (χ2n) is 3.54. The number of rotatable bonds is 6. The number of carboxylic acids is 4. The van der Waals surface area contributed by atoms with Crippen molar-refractivity contribution >= 4 is 23.9 Å². The van der Waals surface area contributed by atoms with Crippen molar-refractivity contribution < 1.29 is 39.6 Å². The predicted octanol–water partition coefficient (Wildman–Crippen LogP) is 0.364. The summed E-state index contributed by atoms with van der Waals surface area (Å²) in [5.74, 6) is -5.94. The van der Waals surface area contributed by atoms with Crippen LogP contribution in [0, 0.1) is 11.8 Å². The van der Waals surface area contributed by atoms with Crippen LogP contribution in [0.4, 0.5) is 0 Å². The molecule has 0 spiro atoms. The lowest BCUT2D eigenvalue weighted by molar-refractivity contribution is -0.152. The average molecular weight is 264 g/mol. The van der Waals surface area contributed by atoms with Gasteiger partial charge in [-0.2, -0.15) is 0 Å². The van der Waals surface area contributed by atoms with Gasteiger partial charge in [0.05, 0.1) is 24.7 Å². The normalized spacial score (nSPS) is 12.6. The molecule has 8 nitrogen and oxygen atoms in total. The second-order valence-corrected chi connectivity index (χ2v) is 3.54. The zero-order valence-corrected chi connectivity index (χ0v) is 9.99. The van der Waals surface area contributed by atoms with Crippen molar-refractivity contribution in [1.29, 1.82) is 0 Å². The van der Waals surface area contributed by atoms with Crippen LogP contribution in [0.3, 0.4) is 0 Å². The molecule has 0 amide bonds. The lowest BCUT2D eigenvalue weighted by atomic mass is 9.97. The minimum absolute atomic E-state index is 0.296. The number of hydrogen-bond acceptors (Lipinski definition) is 4. The molecule has 2 unspecified atom stereocenters. The van der Waals surface area contributed by atoms with Crippen LogP contribution in [-0.4, -0.2) is 44.3 Å². The summed E-state index contributed by atoms with van der Waals surface area (Å²) in [7, 11) is 0. The molecule has 18 heavy (non-hydrogen) atoms. The molecule has 8 heteroatoms. The lowest BCUT2D eigenvalue weighted by Gasteiger charge is -2.09. The fourth-order valence-corrected chi connectivity index (χ4v) is 0.642. The van der Waals surface area contributed by atoms with Crippen LogP contribution in [0.1, 0.15) is 26.7 Å². The summed E-state index contributed by atoms with van der Waals surface area (Å²) in [4.78, 5) is 39.6. The minimum atomic E-state index is -1.08. The molecule has 4 N–H and O–H groups in total. The topological polar surface area (TPSA) is 149 Å². The molecule has 0 fully saturated rings. The third-order valence-electron chi connectivity index (χ3n) is 2.08. The molecule has 0 aliphatic carbocycles. The molecule has 0 aromatic carbocycles. The van der Waals surface area contributed by atoms with E-state index < -0.39 is 35.7 Å². The number of hydrogen-bond donors (Lipinski definition) is 4. The van der Waals surface area contributed by atoms with E-state index in [2.05, 4.69) is 0 Å². The molecular formula is C10H16O8. The largest absolute Gasteiger partial charge is 0.481 e. The zero-order chi connectivity index (χ0) is 14.9. The Bertz CT molecular complexity index is 290. The monoisotopic (exact) mass is 264 g/mol. The highest BCUT2D eigenvalue weighted by molar-refractivity contribution is 5.79. The first kappa shape index (κ1) is 18.3. The van der Waals surface area contributed by atoms with Crippen molar-refractivity contribution in [2.75, 3.05) is 0 Å². The van der Waals surface area contributed by atoms with Gasteiger partial charge in [0.15, 0.2) is 0 Å². The molecule has 104 valence electrons. The Morgan fingerprint density at radius 3 is 1.06 bits per heavy atom. The highest BCUT2D eigenvalue weighted by Crippen LogP contribution is 2.10. The van der Waals surface area contributed by atoms with E-state index in [0.717, 1.165) is 0 Å². The van der Waals surface area contributed by atoms with Crippen LogP contribution >= 0.6 is 0 Å². The summed E-state index contributed by atoms with van der Waals surface area (Å²) in [6, 6.07) is 0. The van der Waals surface area contributed by atoms with Crippen LogP contribution in [0.15, 0.2) is 0 Å². The van der Waals surface area contributed by atoms with E-state index in [9.17, 15) is 19.2 Å². The molecule has 0 radical (unpaired) electrons. The molecule has 0 bridgehead atoms. The Hall–Kier alpha value is -2.12. The van der Waals surface area contributed by atoms with Gasteiger partial charge in [0, 0.05) is 0 Å². The Balaban J connectivity index is 0. The number of aliphatic carboxylic acids is 4. The van der Waals surface area contributed by atoms with Gasteiger partial charge in [-0.1, -0.05) is 13.8 Å². The highest BCUT2D eigenvalue weighted by Gasteiger charge is 2.24. The smallest absolute Gasteiger partial charge is 0.307 e. The first-order valence-electron chi connectivity index (χ1n) is 4.98. The molecule has 0 aliphatic heterocycles. The van der Waals surface area contributed by atoms with Gasteiger partial charge >= 0.3 is 23.9 Å². The van der Waals surface area contributed by atoms with Gasteiger partial charge in [-0.15, -0.1) is 0 Å². The Morgan fingerprint density at radius 2 is 0.944 bits per heavy atom. The van der Waals surface area contributed by atoms with Crippen LogP contribution in [0.25, 0.3) is 0 Å². The van der Waals surface area contributed by atoms with E-state index in [1.54, 1.807) is 0 Å². The van der Waals surface area contributed by atoms with Crippen molar-refractivity contribution in [3.05, 3.63) is 0 Å². The van der Waals surface area contributed by atoms with Gasteiger partial charge < -0.3 is 20.4 Å². The van der Waals surface area contributed by atoms with Crippen molar-refractivity contribution in [2.24, 2.45) is 11.8 Å². The van der Waals surface area contributed by atoms with E-state index in [0.29, 0.717) is 0 Å².